The molecule has 0 N–H and O–H groups in total. The van der Waals surface area contributed by atoms with Crippen molar-refractivity contribution in [1.82, 2.24) is 0 Å². The Hall–Kier alpha value is -1.72. The smallest absolute Gasteiger partial charge is 0.336 e. The van der Waals surface area contributed by atoms with Crippen molar-refractivity contribution in [3.63, 3.8) is 0 Å². The molecule has 23 heavy (non-hydrogen) atoms. The van der Waals surface area contributed by atoms with Crippen molar-refractivity contribution in [3.8, 4) is 0 Å². The summed E-state index contributed by atoms with van der Waals surface area (Å²) in [6.07, 6.45) is 0. The van der Waals surface area contributed by atoms with Gasteiger partial charge in [0.1, 0.15) is 5.60 Å². The Morgan fingerprint density at radius 3 is 1.70 bits per heavy atom. The average Bonchev–Trinajstić information content (AvgIpc) is 2.58. The lowest BCUT2D eigenvalue weighted by atomic mass is 9.79. The molecule has 122 valence electrons. The maximum atomic E-state index is 12.7. The van der Waals surface area contributed by atoms with Gasteiger partial charge in [0.25, 0.3) is 5.41 Å². The summed E-state index contributed by atoms with van der Waals surface area (Å²) in [6, 6.07) is 2.38. The SMILES string of the molecule is CC(=O)C1(C(=O)OC(C)(C)C)C(=O)c2cc(Cl)c(Cl)cc2C1=O. The van der Waals surface area contributed by atoms with E-state index in [1.165, 1.54) is 12.1 Å². The minimum Gasteiger partial charge on any atom is -0.459 e. The summed E-state index contributed by atoms with van der Waals surface area (Å²) in [4.78, 5) is 50.1. The van der Waals surface area contributed by atoms with Gasteiger partial charge in [-0.2, -0.15) is 0 Å². The van der Waals surface area contributed by atoms with Crippen LogP contribution in [-0.2, 0) is 14.3 Å². The largest absolute Gasteiger partial charge is 0.459 e. The van der Waals surface area contributed by atoms with Gasteiger partial charge in [-0.05, 0) is 39.8 Å². The van der Waals surface area contributed by atoms with E-state index in [1.54, 1.807) is 20.8 Å². The molecule has 0 heterocycles. The third-order valence-corrected chi connectivity index (χ3v) is 4.19. The monoisotopic (exact) mass is 356 g/mol. The second-order valence-electron chi connectivity index (χ2n) is 6.28. The zero-order valence-corrected chi connectivity index (χ0v) is 14.5. The highest BCUT2D eigenvalue weighted by molar-refractivity contribution is 6.50. The number of Topliss-reactive ketones (excluding diaryl/α,β-unsaturated/α-hetero) is 3. The van der Waals surface area contributed by atoms with Crippen LogP contribution in [0.5, 0.6) is 0 Å². The number of ketones is 3. The topological polar surface area (TPSA) is 77.5 Å². The molecule has 0 aromatic heterocycles. The fourth-order valence-corrected chi connectivity index (χ4v) is 2.76. The minimum atomic E-state index is -2.52. The molecule has 0 saturated carbocycles. The Balaban J connectivity index is 2.68. The molecule has 0 saturated heterocycles. The highest BCUT2D eigenvalue weighted by Gasteiger charge is 2.64. The van der Waals surface area contributed by atoms with Gasteiger partial charge in [0.2, 0.25) is 0 Å². The summed E-state index contributed by atoms with van der Waals surface area (Å²) in [5.74, 6) is -3.95. The number of benzene rings is 1. The van der Waals surface area contributed by atoms with E-state index in [0.717, 1.165) is 6.92 Å². The molecular formula is C16H14Cl2O5. The molecule has 0 spiro atoms. The molecule has 1 aromatic carbocycles. The van der Waals surface area contributed by atoms with E-state index >= 15 is 0 Å². The number of carbonyl (C=O) groups is 4. The molecule has 0 radical (unpaired) electrons. The third-order valence-electron chi connectivity index (χ3n) is 3.46. The molecule has 0 unspecified atom stereocenters. The maximum Gasteiger partial charge on any atom is 0.336 e. The normalized spacial score (nSPS) is 16.3. The van der Waals surface area contributed by atoms with Crippen LogP contribution < -0.4 is 0 Å². The molecule has 7 heteroatoms. The fraction of sp³-hybridized carbons (Fsp3) is 0.375. The van der Waals surface area contributed by atoms with Gasteiger partial charge in [-0.25, -0.2) is 4.79 Å². The van der Waals surface area contributed by atoms with Crippen LogP contribution in [0.1, 0.15) is 48.4 Å². The first kappa shape index (κ1) is 17.6. The van der Waals surface area contributed by atoms with Crippen LogP contribution in [0, 0.1) is 5.41 Å². The van der Waals surface area contributed by atoms with Gasteiger partial charge in [0.15, 0.2) is 17.3 Å². The maximum absolute atomic E-state index is 12.7. The Labute approximate surface area is 142 Å². The second kappa shape index (κ2) is 5.42. The zero-order chi connectivity index (χ0) is 17.7. The van der Waals surface area contributed by atoms with E-state index in [9.17, 15) is 19.2 Å². The highest BCUT2D eigenvalue weighted by atomic mass is 35.5. The Bertz CT molecular complexity index is 717. The molecule has 0 amide bonds. The third kappa shape index (κ3) is 2.58. The van der Waals surface area contributed by atoms with Crippen molar-refractivity contribution < 1.29 is 23.9 Å². The van der Waals surface area contributed by atoms with Crippen LogP contribution in [0.15, 0.2) is 12.1 Å². The van der Waals surface area contributed by atoms with Gasteiger partial charge in [-0.3, -0.25) is 14.4 Å². The number of halogens is 2. The summed E-state index contributed by atoms with van der Waals surface area (Å²) >= 11 is 11.7. The first-order valence-electron chi connectivity index (χ1n) is 6.76. The van der Waals surface area contributed by atoms with Gasteiger partial charge < -0.3 is 4.74 Å². The van der Waals surface area contributed by atoms with E-state index in [0.29, 0.717) is 0 Å². The van der Waals surface area contributed by atoms with E-state index < -0.39 is 34.3 Å². The van der Waals surface area contributed by atoms with Gasteiger partial charge >= 0.3 is 5.97 Å². The molecule has 1 aliphatic rings. The molecule has 0 bridgehead atoms. The van der Waals surface area contributed by atoms with Crippen LogP contribution in [-0.4, -0.2) is 28.9 Å². The molecular weight excluding hydrogens is 343 g/mol. The van der Waals surface area contributed by atoms with Gasteiger partial charge in [0.05, 0.1) is 10.0 Å². The van der Waals surface area contributed by atoms with Crippen LogP contribution >= 0.6 is 23.2 Å². The lowest BCUT2D eigenvalue weighted by Crippen LogP contribution is -2.50. The van der Waals surface area contributed by atoms with E-state index in [1.807, 2.05) is 0 Å². The molecule has 5 nitrogen and oxygen atoms in total. The first-order valence-corrected chi connectivity index (χ1v) is 7.51. The van der Waals surface area contributed by atoms with E-state index in [4.69, 9.17) is 27.9 Å². The summed E-state index contributed by atoms with van der Waals surface area (Å²) < 4.78 is 5.15. The lowest BCUT2D eigenvalue weighted by Gasteiger charge is -2.27. The van der Waals surface area contributed by atoms with Gasteiger partial charge in [-0.15, -0.1) is 0 Å². The van der Waals surface area contributed by atoms with Crippen molar-refractivity contribution in [2.24, 2.45) is 5.41 Å². The van der Waals surface area contributed by atoms with Crippen molar-refractivity contribution in [1.29, 1.82) is 0 Å². The molecule has 1 aromatic rings. The van der Waals surface area contributed by atoms with Crippen molar-refractivity contribution in [2.45, 2.75) is 33.3 Å². The average molecular weight is 357 g/mol. The summed E-state index contributed by atoms with van der Waals surface area (Å²) in [6.45, 7) is 5.73. The molecule has 0 fully saturated rings. The number of rotatable bonds is 2. The fourth-order valence-electron chi connectivity index (χ4n) is 2.43. The van der Waals surface area contributed by atoms with E-state index in [2.05, 4.69) is 0 Å². The second-order valence-corrected chi connectivity index (χ2v) is 7.09. The van der Waals surface area contributed by atoms with Gasteiger partial charge in [0, 0.05) is 11.1 Å². The Morgan fingerprint density at radius 1 is 1.00 bits per heavy atom. The Morgan fingerprint density at radius 2 is 1.39 bits per heavy atom. The molecule has 0 aliphatic heterocycles. The molecule has 2 rings (SSSR count). The molecule has 1 aliphatic carbocycles. The van der Waals surface area contributed by atoms with Crippen LogP contribution in [0.2, 0.25) is 10.0 Å². The lowest BCUT2D eigenvalue weighted by molar-refractivity contribution is -0.163. The number of hydrogen-bond donors (Lipinski definition) is 0. The quantitative estimate of drug-likeness (QED) is 0.600. The zero-order valence-electron chi connectivity index (χ0n) is 13.0. The Kier molecular flexibility index (Phi) is 4.16. The number of carbonyl (C=O) groups excluding carboxylic acids is 4. The minimum absolute atomic E-state index is 0.0510. The molecule has 0 atom stereocenters. The predicted octanol–water partition coefficient (Wildman–Crippen LogP) is 3.29. The summed E-state index contributed by atoms with van der Waals surface area (Å²) in [5, 5.41) is 0.102. The first-order chi connectivity index (χ1) is 10.4. The van der Waals surface area contributed by atoms with Gasteiger partial charge in [-0.1, -0.05) is 23.2 Å². The van der Waals surface area contributed by atoms with Crippen molar-refractivity contribution in [3.05, 3.63) is 33.3 Å². The van der Waals surface area contributed by atoms with Crippen molar-refractivity contribution in [2.75, 3.05) is 0 Å². The van der Waals surface area contributed by atoms with E-state index in [-0.39, 0.29) is 21.2 Å². The van der Waals surface area contributed by atoms with Crippen LogP contribution in [0.4, 0.5) is 0 Å². The predicted molar refractivity (Wildman–Crippen MR) is 84.1 cm³/mol. The number of hydrogen-bond acceptors (Lipinski definition) is 5. The number of fused-ring (bicyclic) bond motifs is 1. The number of esters is 1. The standard InChI is InChI=1S/C16H14Cl2O5/c1-7(19)16(14(22)23-15(2,3)4)12(20)8-5-10(17)11(18)6-9(8)13(16)21/h5-6H,1-4H3. The summed E-state index contributed by atoms with van der Waals surface area (Å²) in [7, 11) is 0. The van der Waals surface area contributed by atoms with Crippen LogP contribution in [0.3, 0.4) is 0 Å². The highest BCUT2D eigenvalue weighted by Crippen LogP contribution is 2.42. The van der Waals surface area contributed by atoms with Crippen molar-refractivity contribution >= 4 is 46.5 Å². The summed E-state index contributed by atoms with van der Waals surface area (Å²) in [5.41, 5.74) is -3.70. The van der Waals surface area contributed by atoms with Crippen LogP contribution in [0.25, 0.3) is 0 Å². The number of ether oxygens (including phenoxy) is 1.